The molecule has 19 heavy (non-hydrogen) atoms. The van der Waals surface area contributed by atoms with Gasteiger partial charge in [0.2, 0.25) is 0 Å². The third-order valence-electron chi connectivity index (χ3n) is 2.75. The van der Waals surface area contributed by atoms with E-state index in [2.05, 4.69) is 57.8 Å². The van der Waals surface area contributed by atoms with Gasteiger partial charge in [-0.1, -0.05) is 75.9 Å². The van der Waals surface area contributed by atoms with Gasteiger partial charge in [-0.05, 0) is 37.3 Å². The van der Waals surface area contributed by atoms with Gasteiger partial charge in [0, 0.05) is 0 Å². The van der Waals surface area contributed by atoms with Crippen molar-refractivity contribution in [3.8, 4) is 0 Å². The smallest absolute Gasteiger partial charge is 0.00319 e. The molecule has 0 unspecified atom stereocenters. The molecular formula is C19H30. The van der Waals surface area contributed by atoms with E-state index in [1.807, 2.05) is 13.0 Å². The summed E-state index contributed by atoms with van der Waals surface area (Å²) < 4.78 is 0. The molecule has 0 atom stereocenters. The molecule has 0 spiro atoms. The minimum absolute atomic E-state index is 0. The first kappa shape index (κ1) is 19.8. The van der Waals surface area contributed by atoms with Gasteiger partial charge in [0.1, 0.15) is 0 Å². The summed E-state index contributed by atoms with van der Waals surface area (Å²) in [5, 5.41) is 0. The molecule has 1 aromatic carbocycles. The number of hydrogen-bond acceptors (Lipinski definition) is 0. The van der Waals surface area contributed by atoms with Crippen molar-refractivity contribution < 1.29 is 0 Å². The summed E-state index contributed by atoms with van der Waals surface area (Å²) in [6, 6.07) is 8.67. The van der Waals surface area contributed by atoms with E-state index in [4.69, 9.17) is 0 Å². The second-order valence-electron chi connectivity index (χ2n) is 4.52. The molecule has 0 bridgehead atoms. The van der Waals surface area contributed by atoms with Gasteiger partial charge in [0.15, 0.2) is 0 Å². The molecule has 0 aliphatic carbocycles. The fraction of sp³-hybridized carbons (Fsp3) is 0.368. The molecule has 0 heterocycles. The van der Waals surface area contributed by atoms with Crippen LogP contribution in [0, 0.1) is 0 Å². The van der Waals surface area contributed by atoms with Crippen LogP contribution >= 0.6 is 0 Å². The Kier molecular flexibility index (Phi) is 12.0. The number of benzene rings is 1. The van der Waals surface area contributed by atoms with Gasteiger partial charge >= 0.3 is 0 Å². The van der Waals surface area contributed by atoms with Crippen molar-refractivity contribution in [1.82, 2.24) is 0 Å². The molecule has 0 aromatic heterocycles. The molecule has 0 fully saturated rings. The Hall–Kier alpha value is -1.56. The fourth-order valence-corrected chi connectivity index (χ4v) is 1.23. The van der Waals surface area contributed by atoms with Gasteiger partial charge in [-0.2, -0.15) is 0 Å². The lowest BCUT2D eigenvalue weighted by molar-refractivity contribution is 1.11. The summed E-state index contributed by atoms with van der Waals surface area (Å²) in [6.07, 6.45) is 4.93. The molecule has 0 aliphatic rings. The van der Waals surface area contributed by atoms with Crippen LogP contribution in [-0.4, -0.2) is 0 Å². The second kappa shape index (κ2) is 11.5. The largest absolute Gasteiger partial charge is 0.100 e. The first-order valence-corrected chi connectivity index (χ1v) is 6.55. The minimum atomic E-state index is 0. The van der Waals surface area contributed by atoms with Crippen molar-refractivity contribution in [2.75, 3.05) is 0 Å². The lowest BCUT2D eigenvalue weighted by atomic mass is 10.0. The molecule has 0 saturated carbocycles. The molecule has 0 amide bonds. The molecule has 0 saturated heterocycles. The van der Waals surface area contributed by atoms with Gasteiger partial charge in [-0.25, -0.2) is 0 Å². The van der Waals surface area contributed by atoms with Crippen molar-refractivity contribution in [1.29, 1.82) is 0 Å². The average molecular weight is 258 g/mol. The van der Waals surface area contributed by atoms with Gasteiger partial charge in [-0.3, -0.25) is 0 Å². The molecule has 0 N–H and O–H groups in total. The number of allylic oxidation sites excluding steroid dienone is 3. The predicted molar refractivity (Wildman–Crippen MR) is 90.7 cm³/mol. The monoisotopic (exact) mass is 258 g/mol. The van der Waals surface area contributed by atoms with Crippen LogP contribution in [0.25, 0.3) is 0 Å². The van der Waals surface area contributed by atoms with E-state index in [0.29, 0.717) is 0 Å². The summed E-state index contributed by atoms with van der Waals surface area (Å²) in [5.41, 5.74) is 5.02. The lowest BCUT2D eigenvalue weighted by Gasteiger charge is -2.02. The van der Waals surface area contributed by atoms with E-state index >= 15 is 0 Å². The Morgan fingerprint density at radius 3 is 1.79 bits per heavy atom. The van der Waals surface area contributed by atoms with Crippen LogP contribution in [0.3, 0.4) is 0 Å². The molecule has 0 heteroatoms. The SMILES string of the molecule is C.C=C(C)CC.C=CC(=C)Cc1ccc(CC)cc1. The molecule has 0 radical (unpaired) electrons. The number of aryl methyl sites for hydroxylation is 1. The van der Waals surface area contributed by atoms with E-state index in [1.165, 1.54) is 16.7 Å². The maximum Gasteiger partial charge on any atom is -0.00319 e. The van der Waals surface area contributed by atoms with Crippen LogP contribution in [-0.2, 0) is 12.8 Å². The Morgan fingerprint density at radius 1 is 1.05 bits per heavy atom. The average Bonchev–Trinajstić information content (AvgIpc) is 2.40. The Balaban J connectivity index is 0. The third-order valence-corrected chi connectivity index (χ3v) is 2.75. The van der Waals surface area contributed by atoms with Crippen LogP contribution in [0.2, 0.25) is 0 Å². The van der Waals surface area contributed by atoms with Crippen LogP contribution in [0.5, 0.6) is 0 Å². The quantitative estimate of drug-likeness (QED) is 0.439. The maximum absolute atomic E-state index is 3.89. The standard InChI is InChI=1S/C13H16.C5H10.CH4/c1-4-11(3)10-13-8-6-12(5-2)7-9-13;1-4-5(2)3;/h4,6-9H,1,3,5,10H2,2H3;2,4H2,1,3H3;1H4. The van der Waals surface area contributed by atoms with E-state index in [0.717, 1.165) is 24.8 Å². The van der Waals surface area contributed by atoms with Crippen molar-refractivity contribution in [2.24, 2.45) is 0 Å². The predicted octanol–water partition coefficient (Wildman–Crippen LogP) is 6.14. The molecule has 0 nitrogen and oxygen atoms in total. The number of rotatable bonds is 5. The van der Waals surface area contributed by atoms with Crippen molar-refractivity contribution in [3.05, 3.63) is 72.4 Å². The summed E-state index contributed by atoms with van der Waals surface area (Å²) in [5.74, 6) is 0. The molecular weight excluding hydrogens is 228 g/mol. The third kappa shape index (κ3) is 10.1. The topological polar surface area (TPSA) is 0 Å². The number of hydrogen-bond donors (Lipinski definition) is 0. The zero-order chi connectivity index (χ0) is 14.0. The first-order chi connectivity index (χ1) is 8.53. The van der Waals surface area contributed by atoms with Gasteiger partial charge in [0.25, 0.3) is 0 Å². The molecule has 0 aliphatic heterocycles. The van der Waals surface area contributed by atoms with Crippen molar-refractivity contribution in [2.45, 2.75) is 47.5 Å². The highest BCUT2D eigenvalue weighted by molar-refractivity contribution is 5.28. The fourth-order valence-electron chi connectivity index (χ4n) is 1.23. The zero-order valence-corrected chi connectivity index (χ0v) is 12.1. The maximum atomic E-state index is 3.89. The van der Waals surface area contributed by atoms with Gasteiger partial charge in [0.05, 0.1) is 0 Å². The van der Waals surface area contributed by atoms with E-state index in [9.17, 15) is 0 Å². The zero-order valence-electron chi connectivity index (χ0n) is 12.1. The van der Waals surface area contributed by atoms with Crippen molar-refractivity contribution in [3.63, 3.8) is 0 Å². The Labute approximate surface area is 120 Å². The lowest BCUT2D eigenvalue weighted by Crippen LogP contribution is -1.87. The Morgan fingerprint density at radius 2 is 1.47 bits per heavy atom. The molecule has 1 aromatic rings. The highest BCUT2D eigenvalue weighted by atomic mass is 14.0. The van der Waals surface area contributed by atoms with E-state index in [-0.39, 0.29) is 7.43 Å². The summed E-state index contributed by atoms with van der Waals surface area (Å²) >= 11 is 0. The van der Waals surface area contributed by atoms with Crippen LogP contribution in [0.1, 0.15) is 45.7 Å². The van der Waals surface area contributed by atoms with E-state index in [1.54, 1.807) is 0 Å². The first-order valence-electron chi connectivity index (χ1n) is 6.55. The Bertz CT molecular complexity index is 379. The highest BCUT2D eigenvalue weighted by Gasteiger charge is 1.94. The minimum Gasteiger partial charge on any atom is -0.100 e. The van der Waals surface area contributed by atoms with E-state index < -0.39 is 0 Å². The second-order valence-corrected chi connectivity index (χ2v) is 4.52. The molecule has 106 valence electrons. The van der Waals surface area contributed by atoms with Crippen molar-refractivity contribution >= 4 is 0 Å². The van der Waals surface area contributed by atoms with Crippen LogP contribution in [0.4, 0.5) is 0 Å². The summed E-state index contributed by atoms with van der Waals surface area (Å²) in [4.78, 5) is 0. The highest BCUT2D eigenvalue weighted by Crippen LogP contribution is 2.09. The molecule has 1 rings (SSSR count). The van der Waals surface area contributed by atoms with Gasteiger partial charge in [-0.15, -0.1) is 6.58 Å². The van der Waals surface area contributed by atoms with Crippen LogP contribution < -0.4 is 0 Å². The normalized spacial score (nSPS) is 8.58. The summed E-state index contributed by atoms with van der Waals surface area (Å²) in [6.45, 7) is 17.5. The van der Waals surface area contributed by atoms with Gasteiger partial charge < -0.3 is 0 Å². The van der Waals surface area contributed by atoms with Crippen LogP contribution in [0.15, 0.2) is 61.2 Å². The summed E-state index contributed by atoms with van der Waals surface area (Å²) in [7, 11) is 0.